The van der Waals surface area contributed by atoms with Crippen LogP contribution in [0.4, 0.5) is 5.82 Å². The van der Waals surface area contributed by atoms with Crippen molar-refractivity contribution in [2.75, 3.05) is 11.9 Å². The maximum atomic E-state index is 4.70. The molecule has 0 aliphatic carbocycles. The normalized spacial score (nSPS) is 17.1. The molecule has 1 aromatic carbocycles. The Hall–Kier alpha value is -2.73. The van der Waals surface area contributed by atoms with Gasteiger partial charge in [-0.1, -0.05) is 30.3 Å². The molecule has 0 unspecified atom stereocenters. The van der Waals surface area contributed by atoms with E-state index in [4.69, 9.17) is 4.98 Å². The first-order valence-corrected chi connectivity index (χ1v) is 9.01. The first-order chi connectivity index (χ1) is 12.7. The van der Waals surface area contributed by atoms with Gasteiger partial charge in [0.15, 0.2) is 0 Å². The van der Waals surface area contributed by atoms with E-state index in [9.17, 15) is 0 Å². The van der Waals surface area contributed by atoms with Crippen molar-refractivity contribution < 1.29 is 0 Å². The molecular formula is C20H24N6. The summed E-state index contributed by atoms with van der Waals surface area (Å²) in [5, 5.41) is 3.43. The third-order valence-electron chi connectivity index (χ3n) is 4.93. The quantitative estimate of drug-likeness (QED) is 0.742. The van der Waals surface area contributed by atoms with Crippen LogP contribution in [0.25, 0.3) is 0 Å². The van der Waals surface area contributed by atoms with Gasteiger partial charge in [0.1, 0.15) is 11.6 Å². The third-order valence-corrected chi connectivity index (χ3v) is 4.93. The molecule has 1 N–H and O–H groups in total. The summed E-state index contributed by atoms with van der Waals surface area (Å²) < 4.78 is 2.08. The summed E-state index contributed by atoms with van der Waals surface area (Å²) in [6.07, 6.45) is 4.92. The number of aryl methyl sites for hydroxylation is 2. The third kappa shape index (κ3) is 3.60. The van der Waals surface area contributed by atoms with Crippen LogP contribution in [0, 0.1) is 6.92 Å². The number of hydrogen-bond acceptors (Lipinski definition) is 5. The van der Waals surface area contributed by atoms with E-state index in [2.05, 4.69) is 55.1 Å². The molecule has 6 nitrogen and oxygen atoms in total. The molecule has 1 fully saturated rings. The lowest BCUT2D eigenvalue weighted by atomic mass is 9.99. The molecule has 3 heterocycles. The smallest absolute Gasteiger partial charge is 0.130 e. The van der Waals surface area contributed by atoms with Crippen LogP contribution in [-0.4, -0.2) is 31.0 Å². The van der Waals surface area contributed by atoms with E-state index in [1.165, 1.54) is 11.3 Å². The summed E-state index contributed by atoms with van der Waals surface area (Å²) in [7, 11) is 2.04. The van der Waals surface area contributed by atoms with Crippen molar-refractivity contribution in [1.29, 1.82) is 0 Å². The minimum atomic E-state index is 0.351. The van der Waals surface area contributed by atoms with Crippen LogP contribution in [-0.2, 0) is 20.1 Å². The molecule has 6 heteroatoms. The number of nitrogens with zero attached hydrogens (tertiary/aromatic N) is 5. The van der Waals surface area contributed by atoms with Crippen molar-refractivity contribution in [3.8, 4) is 0 Å². The Kier molecular flexibility index (Phi) is 4.67. The average molecular weight is 348 g/mol. The zero-order valence-electron chi connectivity index (χ0n) is 15.3. The van der Waals surface area contributed by atoms with Gasteiger partial charge in [-0.2, -0.15) is 0 Å². The van der Waals surface area contributed by atoms with E-state index in [-0.39, 0.29) is 0 Å². The molecule has 0 bridgehead atoms. The Morgan fingerprint density at radius 1 is 1.19 bits per heavy atom. The lowest BCUT2D eigenvalue weighted by molar-refractivity contribution is 0.0761. The van der Waals surface area contributed by atoms with Crippen molar-refractivity contribution in [2.45, 2.75) is 32.5 Å². The summed E-state index contributed by atoms with van der Waals surface area (Å²) in [4.78, 5) is 15.9. The van der Waals surface area contributed by atoms with Crippen LogP contribution in [0.15, 0.2) is 48.9 Å². The summed E-state index contributed by atoms with van der Waals surface area (Å²) in [6, 6.07) is 12.8. The van der Waals surface area contributed by atoms with E-state index in [1.54, 1.807) is 0 Å². The zero-order chi connectivity index (χ0) is 17.9. The van der Waals surface area contributed by atoms with E-state index in [0.29, 0.717) is 6.04 Å². The van der Waals surface area contributed by atoms with E-state index >= 15 is 0 Å². The van der Waals surface area contributed by atoms with E-state index in [0.717, 1.165) is 43.4 Å². The minimum absolute atomic E-state index is 0.351. The number of aromatic nitrogens is 4. The lowest BCUT2D eigenvalue weighted by Crippen LogP contribution is -2.41. The number of hydrogen-bond donors (Lipinski definition) is 1. The monoisotopic (exact) mass is 348 g/mol. The topological polar surface area (TPSA) is 58.9 Å². The Morgan fingerprint density at radius 2 is 2.04 bits per heavy atom. The summed E-state index contributed by atoms with van der Waals surface area (Å²) >= 11 is 0. The van der Waals surface area contributed by atoms with Crippen LogP contribution in [0.1, 0.15) is 35.2 Å². The number of rotatable bonds is 6. The fourth-order valence-corrected chi connectivity index (χ4v) is 3.35. The Morgan fingerprint density at radius 3 is 2.73 bits per heavy atom. The van der Waals surface area contributed by atoms with Crippen LogP contribution in [0.2, 0.25) is 0 Å². The van der Waals surface area contributed by atoms with Gasteiger partial charge in [0.25, 0.3) is 0 Å². The second-order valence-corrected chi connectivity index (χ2v) is 6.84. The van der Waals surface area contributed by atoms with Crippen LogP contribution >= 0.6 is 0 Å². The highest BCUT2D eigenvalue weighted by Crippen LogP contribution is 2.34. The molecule has 134 valence electrons. The molecule has 1 aliphatic rings. The molecule has 0 amide bonds. The average Bonchev–Trinajstić information content (AvgIpc) is 3.02. The number of likely N-dealkylation sites (tertiary alicyclic amines) is 1. The highest BCUT2D eigenvalue weighted by molar-refractivity contribution is 5.38. The van der Waals surface area contributed by atoms with E-state index in [1.807, 2.05) is 32.6 Å². The Balaban J connectivity index is 1.46. The standard InChI is InChI=1S/C20H24N6/c1-15-23-18(10-20(24-15)22-11-16-6-4-3-5-7-16)19-8-9-26(19)13-17-12-21-14-25(17)2/h3-7,10,12,14,19H,8-9,11,13H2,1-2H3,(H,22,23,24)/t19-/m1/s1. The van der Waals surface area contributed by atoms with Gasteiger partial charge in [0, 0.05) is 38.9 Å². The van der Waals surface area contributed by atoms with Gasteiger partial charge in [0.2, 0.25) is 0 Å². The highest BCUT2D eigenvalue weighted by Gasteiger charge is 2.31. The summed E-state index contributed by atoms with van der Waals surface area (Å²) in [5.41, 5.74) is 3.57. The van der Waals surface area contributed by atoms with Crippen molar-refractivity contribution in [3.63, 3.8) is 0 Å². The maximum Gasteiger partial charge on any atom is 0.130 e. The first-order valence-electron chi connectivity index (χ1n) is 9.01. The van der Waals surface area contributed by atoms with Gasteiger partial charge >= 0.3 is 0 Å². The fraction of sp³-hybridized carbons (Fsp3) is 0.350. The van der Waals surface area contributed by atoms with Gasteiger partial charge in [-0.15, -0.1) is 0 Å². The van der Waals surface area contributed by atoms with Gasteiger partial charge in [-0.25, -0.2) is 15.0 Å². The summed E-state index contributed by atoms with van der Waals surface area (Å²) in [6.45, 7) is 4.71. The van der Waals surface area contributed by atoms with Crippen molar-refractivity contribution in [2.24, 2.45) is 7.05 Å². The Labute approximate surface area is 153 Å². The fourth-order valence-electron chi connectivity index (χ4n) is 3.35. The van der Waals surface area contributed by atoms with Gasteiger partial charge in [-0.3, -0.25) is 4.90 Å². The number of imidazole rings is 1. The lowest BCUT2D eigenvalue weighted by Gasteiger charge is -2.40. The molecule has 0 saturated carbocycles. The van der Waals surface area contributed by atoms with Gasteiger partial charge in [0.05, 0.1) is 23.8 Å². The predicted molar refractivity (Wildman–Crippen MR) is 102 cm³/mol. The van der Waals surface area contributed by atoms with Crippen LogP contribution in [0.3, 0.4) is 0 Å². The molecule has 0 radical (unpaired) electrons. The molecule has 1 saturated heterocycles. The second-order valence-electron chi connectivity index (χ2n) is 6.84. The molecule has 2 aromatic heterocycles. The number of nitrogens with one attached hydrogen (secondary N) is 1. The molecule has 0 spiro atoms. The largest absolute Gasteiger partial charge is 0.366 e. The van der Waals surface area contributed by atoms with Crippen molar-refractivity contribution in [3.05, 3.63) is 71.7 Å². The van der Waals surface area contributed by atoms with Crippen LogP contribution < -0.4 is 5.32 Å². The zero-order valence-corrected chi connectivity index (χ0v) is 15.3. The first kappa shape index (κ1) is 16.7. The number of anilines is 1. The molecule has 26 heavy (non-hydrogen) atoms. The second kappa shape index (κ2) is 7.25. The molecule has 4 rings (SSSR count). The molecule has 3 aromatic rings. The Bertz CT molecular complexity index is 873. The van der Waals surface area contributed by atoms with Crippen LogP contribution in [0.5, 0.6) is 0 Å². The minimum Gasteiger partial charge on any atom is -0.366 e. The van der Waals surface area contributed by atoms with Crippen molar-refractivity contribution >= 4 is 5.82 Å². The molecule has 1 atom stereocenters. The predicted octanol–water partition coefficient (Wildman–Crippen LogP) is 3.08. The van der Waals surface area contributed by atoms with Gasteiger partial charge < -0.3 is 9.88 Å². The van der Waals surface area contributed by atoms with Crippen molar-refractivity contribution in [1.82, 2.24) is 24.4 Å². The summed E-state index contributed by atoms with van der Waals surface area (Å²) in [5.74, 6) is 1.70. The maximum absolute atomic E-state index is 4.70. The number of benzene rings is 1. The van der Waals surface area contributed by atoms with Gasteiger partial charge in [-0.05, 0) is 18.9 Å². The molecular weight excluding hydrogens is 324 g/mol. The SMILES string of the molecule is Cc1nc(NCc2ccccc2)cc([C@H]2CCN2Cc2cncn2C)n1. The molecule has 1 aliphatic heterocycles. The highest BCUT2D eigenvalue weighted by atomic mass is 15.2. The van der Waals surface area contributed by atoms with E-state index < -0.39 is 0 Å².